The van der Waals surface area contributed by atoms with Crippen molar-refractivity contribution in [2.24, 2.45) is 0 Å². The van der Waals surface area contributed by atoms with E-state index in [2.05, 4.69) is 9.68 Å². The van der Waals surface area contributed by atoms with Crippen LogP contribution in [0.1, 0.15) is 11.3 Å². The number of aromatic nitrogens is 1. The highest BCUT2D eigenvalue weighted by molar-refractivity contribution is 7.90. The minimum atomic E-state index is -4.94. The highest BCUT2D eigenvalue weighted by Gasteiger charge is 2.41. The van der Waals surface area contributed by atoms with Crippen LogP contribution in [-0.2, 0) is 16.0 Å². The van der Waals surface area contributed by atoms with E-state index in [9.17, 15) is 30.4 Å². The van der Waals surface area contributed by atoms with Gasteiger partial charge in [0.1, 0.15) is 22.2 Å². The van der Waals surface area contributed by atoms with Gasteiger partial charge in [-0.2, -0.15) is 13.2 Å². The molecule has 0 fully saturated rings. The van der Waals surface area contributed by atoms with Crippen LogP contribution in [0.5, 0.6) is 0 Å². The van der Waals surface area contributed by atoms with Crippen LogP contribution in [0.2, 0.25) is 0 Å². The predicted octanol–water partition coefficient (Wildman–Crippen LogP) is 5.02. The number of halogens is 5. The molecule has 0 aliphatic carbocycles. The summed E-state index contributed by atoms with van der Waals surface area (Å²) in [5, 5.41) is 3.44. The summed E-state index contributed by atoms with van der Waals surface area (Å²) >= 11 is 0. The molecule has 4 nitrogen and oxygen atoms in total. The maximum Gasteiger partial charge on any atom is 0.453 e. The fraction of sp³-hybridized carbons (Fsp3) is 0.167. The van der Waals surface area contributed by atoms with Crippen LogP contribution in [0.15, 0.2) is 45.8 Å². The molecule has 0 aliphatic rings. The zero-order chi connectivity index (χ0) is 20.9. The molecule has 0 aliphatic heterocycles. The lowest BCUT2D eigenvalue weighted by atomic mass is 9.98. The van der Waals surface area contributed by atoms with Crippen LogP contribution in [0.3, 0.4) is 0 Å². The Bertz CT molecular complexity index is 1170. The summed E-state index contributed by atoms with van der Waals surface area (Å²) in [5.41, 5.74) is -0.839. The van der Waals surface area contributed by atoms with Gasteiger partial charge in [0, 0.05) is 11.8 Å². The number of alkyl halides is 3. The molecule has 0 saturated carbocycles. The molecular weight excluding hydrogens is 405 g/mol. The van der Waals surface area contributed by atoms with Gasteiger partial charge in [0.05, 0.1) is 5.56 Å². The van der Waals surface area contributed by atoms with E-state index in [-0.39, 0.29) is 22.4 Å². The van der Waals surface area contributed by atoms with E-state index >= 15 is 0 Å². The SMILES string of the molecule is Cc1cc(-c2noc(C(F)(F)F)c2-c2ccc(S(C)(=O)=O)c(F)c2)ccc1F. The lowest BCUT2D eigenvalue weighted by Crippen LogP contribution is -2.06. The molecule has 3 aromatic rings. The topological polar surface area (TPSA) is 60.2 Å². The van der Waals surface area contributed by atoms with Crippen LogP contribution in [0.25, 0.3) is 22.4 Å². The van der Waals surface area contributed by atoms with Crippen LogP contribution in [0, 0.1) is 18.6 Å². The number of hydrogen-bond donors (Lipinski definition) is 0. The van der Waals surface area contributed by atoms with Crippen molar-refractivity contribution in [1.82, 2.24) is 5.16 Å². The molecule has 0 amide bonds. The summed E-state index contributed by atoms with van der Waals surface area (Å²) in [7, 11) is -3.91. The second-order valence-corrected chi connectivity index (χ2v) is 8.10. The molecule has 28 heavy (non-hydrogen) atoms. The number of rotatable bonds is 3. The van der Waals surface area contributed by atoms with Gasteiger partial charge >= 0.3 is 6.18 Å². The minimum absolute atomic E-state index is 0.126. The van der Waals surface area contributed by atoms with Crippen LogP contribution >= 0.6 is 0 Å². The third-order valence-corrected chi connectivity index (χ3v) is 5.13. The Kier molecular flexibility index (Phi) is 4.78. The first kappa shape index (κ1) is 20.0. The van der Waals surface area contributed by atoms with Gasteiger partial charge in [-0.25, -0.2) is 17.2 Å². The Morgan fingerprint density at radius 3 is 2.14 bits per heavy atom. The summed E-state index contributed by atoms with van der Waals surface area (Å²) < 4.78 is 95.5. The third-order valence-electron chi connectivity index (χ3n) is 4.00. The molecule has 2 aromatic carbocycles. The van der Waals surface area contributed by atoms with Gasteiger partial charge in [-0.15, -0.1) is 0 Å². The van der Waals surface area contributed by atoms with Crippen molar-refractivity contribution in [2.75, 3.05) is 6.26 Å². The summed E-state index contributed by atoms with van der Waals surface area (Å²) in [6.45, 7) is 1.42. The van der Waals surface area contributed by atoms with Crippen LogP contribution < -0.4 is 0 Å². The van der Waals surface area contributed by atoms with Gasteiger partial charge < -0.3 is 4.52 Å². The second kappa shape index (κ2) is 6.69. The number of aryl methyl sites for hydroxylation is 1. The molecule has 3 rings (SSSR count). The average molecular weight is 417 g/mol. The standard InChI is InChI=1S/C18H12F5NO3S/c1-9-7-11(3-5-12(9)19)16-15(17(27-24-16)18(21,22)23)10-4-6-14(13(20)8-10)28(2,25)26/h3-8H,1-2H3. The first-order valence-corrected chi connectivity index (χ1v) is 9.62. The number of nitrogens with zero attached hydrogens (tertiary/aromatic N) is 1. The van der Waals surface area contributed by atoms with Gasteiger partial charge in [-0.1, -0.05) is 11.2 Å². The van der Waals surface area contributed by atoms with Gasteiger partial charge in [0.2, 0.25) is 5.76 Å². The molecule has 0 radical (unpaired) electrons. The molecule has 0 spiro atoms. The molecular formula is C18H12F5NO3S. The fourth-order valence-corrected chi connectivity index (χ4v) is 3.43. The number of sulfone groups is 1. The van der Waals surface area contributed by atoms with E-state index < -0.39 is 43.9 Å². The van der Waals surface area contributed by atoms with Crippen LogP contribution in [0.4, 0.5) is 22.0 Å². The van der Waals surface area contributed by atoms with Gasteiger partial charge in [0.25, 0.3) is 0 Å². The van der Waals surface area contributed by atoms with Crippen molar-refractivity contribution in [2.45, 2.75) is 18.0 Å². The number of hydrogen-bond acceptors (Lipinski definition) is 4. The maximum atomic E-state index is 14.3. The summed E-state index contributed by atoms with van der Waals surface area (Å²) in [6.07, 6.45) is -4.17. The molecule has 1 heterocycles. The largest absolute Gasteiger partial charge is 0.453 e. The minimum Gasteiger partial charge on any atom is -0.350 e. The zero-order valence-corrected chi connectivity index (χ0v) is 15.3. The highest BCUT2D eigenvalue weighted by Crippen LogP contribution is 2.43. The Morgan fingerprint density at radius 2 is 1.61 bits per heavy atom. The molecule has 0 bridgehead atoms. The summed E-state index contributed by atoms with van der Waals surface area (Å²) in [5.74, 6) is -3.25. The zero-order valence-electron chi connectivity index (χ0n) is 14.4. The molecule has 0 atom stereocenters. The normalized spacial score (nSPS) is 12.4. The molecule has 10 heteroatoms. The number of benzene rings is 2. The lowest BCUT2D eigenvalue weighted by Gasteiger charge is -2.09. The molecule has 1 aromatic heterocycles. The molecule has 148 valence electrons. The van der Waals surface area contributed by atoms with Crippen molar-refractivity contribution in [3.05, 3.63) is 59.4 Å². The summed E-state index contributed by atoms with van der Waals surface area (Å²) in [4.78, 5) is -0.652. The smallest absolute Gasteiger partial charge is 0.350 e. The van der Waals surface area contributed by atoms with Gasteiger partial charge in [-0.3, -0.25) is 0 Å². The van der Waals surface area contributed by atoms with Gasteiger partial charge in [-0.05, 0) is 48.4 Å². The molecule has 0 saturated heterocycles. The van der Waals surface area contributed by atoms with E-state index in [1.807, 2.05) is 0 Å². The Morgan fingerprint density at radius 1 is 0.964 bits per heavy atom. The first-order valence-electron chi connectivity index (χ1n) is 7.73. The second-order valence-electron chi connectivity index (χ2n) is 6.11. The summed E-state index contributed by atoms with van der Waals surface area (Å²) in [6, 6.07) is 6.11. The predicted molar refractivity (Wildman–Crippen MR) is 90.1 cm³/mol. The van der Waals surface area contributed by atoms with Crippen molar-refractivity contribution in [3.63, 3.8) is 0 Å². The Hall–Kier alpha value is -2.75. The van der Waals surface area contributed by atoms with Crippen molar-refractivity contribution in [3.8, 4) is 22.4 Å². The van der Waals surface area contributed by atoms with E-state index in [0.717, 1.165) is 24.5 Å². The van der Waals surface area contributed by atoms with Crippen molar-refractivity contribution in [1.29, 1.82) is 0 Å². The van der Waals surface area contributed by atoms with Gasteiger partial charge in [0.15, 0.2) is 9.84 Å². The lowest BCUT2D eigenvalue weighted by molar-refractivity contribution is -0.154. The van der Waals surface area contributed by atoms with E-state index in [4.69, 9.17) is 0 Å². The third kappa shape index (κ3) is 3.64. The molecule has 0 unspecified atom stereocenters. The van der Waals surface area contributed by atoms with Crippen LogP contribution in [-0.4, -0.2) is 19.8 Å². The monoisotopic (exact) mass is 417 g/mol. The Labute approximate surface area is 156 Å². The first-order chi connectivity index (χ1) is 12.9. The Balaban J connectivity index is 2.28. The van der Waals surface area contributed by atoms with E-state index in [1.54, 1.807) is 0 Å². The average Bonchev–Trinajstić information content (AvgIpc) is 3.01. The maximum absolute atomic E-state index is 14.3. The molecule has 0 N–H and O–H groups in total. The quantitative estimate of drug-likeness (QED) is 0.562. The van der Waals surface area contributed by atoms with Crippen molar-refractivity contribution < 1.29 is 34.9 Å². The highest BCUT2D eigenvalue weighted by atomic mass is 32.2. The fourth-order valence-electron chi connectivity index (χ4n) is 2.70. The van der Waals surface area contributed by atoms with E-state index in [0.29, 0.717) is 6.07 Å². The van der Waals surface area contributed by atoms with Crippen molar-refractivity contribution >= 4 is 9.84 Å². The van der Waals surface area contributed by atoms with E-state index in [1.165, 1.54) is 19.1 Å².